The average molecular weight is 472 g/mol. The molecule has 180 valence electrons. The van der Waals surface area contributed by atoms with Gasteiger partial charge in [0.25, 0.3) is 5.91 Å². The average Bonchev–Trinajstić information content (AvgIpc) is 3.26. The molecule has 0 unspecified atom stereocenters. The number of amides is 4. The van der Waals surface area contributed by atoms with Crippen LogP contribution in [0.3, 0.4) is 0 Å². The highest BCUT2D eigenvalue weighted by molar-refractivity contribution is 6.05. The maximum atomic E-state index is 13.0. The zero-order valence-electron chi connectivity index (χ0n) is 20.2. The van der Waals surface area contributed by atoms with E-state index >= 15 is 0 Å². The first kappa shape index (κ1) is 22.8. The van der Waals surface area contributed by atoms with Gasteiger partial charge < -0.3 is 4.90 Å². The molecule has 0 spiro atoms. The van der Waals surface area contributed by atoms with Gasteiger partial charge in [-0.05, 0) is 52.8 Å². The highest BCUT2D eigenvalue weighted by Crippen LogP contribution is 2.27. The lowest BCUT2D eigenvalue weighted by atomic mass is 9.86. The Kier molecular flexibility index (Phi) is 5.67. The smallest absolute Gasteiger partial charge is 0.329 e. The summed E-state index contributed by atoms with van der Waals surface area (Å²) in [6.07, 6.45) is 6.66. The number of imidazole rings is 1. The number of imide groups is 1. The van der Waals surface area contributed by atoms with Crippen molar-refractivity contribution in [3.05, 3.63) is 71.6 Å². The van der Waals surface area contributed by atoms with E-state index in [-0.39, 0.29) is 23.7 Å². The number of rotatable bonds is 3. The Morgan fingerprint density at radius 2 is 1.80 bits per heavy atom. The molecule has 1 aromatic carbocycles. The summed E-state index contributed by atoms with van der Waals surface area (Å²) in [5.74, 6) is 0.414. The second-order valence-corrected chi connectivity index (χ2v) is 10.1. The standard InChI is InChI=1S/C27H29N5O3/c1-27(2,3)21-6-4-19(5-7-21)25(34)30-12-8-18(9-13-30)20-10-14-31-22(16-20)28-17-24(31)32-15-11-23(33)29-26(32)35/h4-8,10,14,16-17H,9,11-13,15H2,1-3H3,(H,29,33,35). The summed E-state index contributed by atoms with van der Waals surface area (Å²) in [5, 5.41) is 2.35. The van der Waals surface area contributed by atoms with Crippen molar-refractivity contribution in [2.24, 2.45) is 0 Å². The van der Waals surface area contributed by atoms with Crippen LogP contribution in [0.25, 0.3) is 11.2 Å². The van der Waals surface area contributed by atoms with Gasteiger partial charge in [-0.2, -0.15) is 0 Å². The molecule has 3 aromatic rings. The van der Waals surface area contributed by atoms with Crippen molar-refractivity contribution in [1.29, 1.82) is 0 Å². The number of urea groups is 1. The molecular formula is C27H29N5O3. The van der Waals surface area contributed by atoms with E-state index in [2.05, 4.69) is 37.1 Å². The van der Waals surface area contributed by atoms with Gasteiger partial charge in [0.2, 0.25) is 5.91 Å². The van der Waals surface area contributed by atoms with Crippen LogP contribution in [0.15, 0.2) is 54.9 Å². The van der Waals surface area contributed by atoms with Crippen molar-refractivity contribution in [2.75, 3.05) is 24.5 Å². The largest absolute Gasteiger partial charge is 0.335 e. The fourth-order valence-corrected chi connectivity index (χ4v) is 4.56. The Balaban J connectivity index is 1.30. The number of carbonyl (C=O) groups is 3. The summed E-state index contributed by atoms with van der Waals surface area (Å²) in [6, 6.07) is 11.5. The first-order valence-electron chi connectivity index (χ1n) is 11.9. The summed E-state index contributed by atoms with van der Waals surface area (Å²) in [6.45, 7) is 8.02. The van der Waals surface area contributed by atoms with Crippen LogP contribution in [0.4, 0.5) is 10.6 Å². The van der Waals surface area contributed by atoms with Crippen LogP contribution >= 0.6 is 0 Å². The molecule has 0 bridgehead atoms. The molecule has 1 N–H and O–H groups in total. The molecule has 35 heavy (non-hydrogen) atoms. The predicted octanol–water partition coefficient (Wildman–Crippen LogP) is 4.01. The molecule has 4 amide bonds. The fourth-order valence-electron chi connectivity index (χ4n) is 4.56. The van der Waals surface area contributed by atoms with Gasteiger partial charge in [0.1, 0.15) is 11.5 Å². The lowest BCUT2D eigenvalue weighted by Crippen LogP contribution is -2.50. The number of fused-ring (bicyclic) bond motifs is 1. The van der Waals surface area contributed by atoms with Gasteiger partial charge >= 0.3 is 6.03 Å². The monoisotopic (exact) mass is 471 g/mol. The Bertz CT molecular complexity index is 1350. The predicted molar refractivity (Wildman–Crippen MR) is 134 cm³/mol. The summed E-state index contributed by atoms with van der Waals surface area (Å²) in [4.78, 5) is 44.6. The molecule has 2 aliphatic rings. The SMILES string of the molecule is CC(C)(C)c1ccc(C(=O)N2CC=C(c3ccn4c(N5CCC(=O)NC5=O)cnc4c3)CC2)cc1. The third-order valence-corrected chi connectivity index (χ3v) is 6.69. The van der Waals surface area contributed by atoms with E-state index in [1.54, 1.807) is 6.20 Å². The van der Waals surface area contributed by atoms with E-state index < -0.39 is 6.03 Å². The van der Waals surface area contributed by atoms with E-state index in [0.29, 0.717) is 31.0 Å². The normalized spacial score (nSPS) is 16.9. The first-order chi connectivity index (χ1) is 16.7. The molecular weight excluding hydrogens is 442 g/mol. The first-order valence-corrected chi connectivity index (χ1v) is 11.9. The summed E-state index contributed by atoms with van der Waals surface area (Å²) in [7, 11) is 0. The minimum absolute atomic E-state index is 0.0485. The van der Waals surface area contributed by atoms with Gasteiger partial charge in [0.15, 0.2) is 0 Å². The molecule has 2 aliphatic heterocycles. The maximum Gasteiger partial charge on any atom is 0.329 e. The molecule has 0 radical (unpaired) electrons. The number of nitrogens with one attached hydrogen (secondary N) is 1. The van der Waals surface area contributed by atoms with E-state index in [9.17, 15) is 14.4 Å². The number of nitrogens with zero attached hydrogens (tertiary/aromatic N) is 4. The van der Waals surface area contributed by atoms with Crippen molar-refractivity contribution < 1.29 is 14.4 Å². The summed E-state index contributed by atoms with van der Waals surface area (Å²) < 4.78 is 1.85. The zero-order valence-corrected chi connectivity index (χ0v) is 20.2. The molecule has 0 aliphatic carbocycles. The van der Waals surface area contributed by atoms with Gasteiger partial charge in [0.05, 0.1) is 6.20 Å². The minimum atomic E-state index is -0.431. The number of anilines is 1. The van der Waals surface area contributed by atoms with Crippen LogP contribution in [0.1, 0.15) is 55.1 Å². The van der Waals surface area contributed by atoms with Crippen LogP contribution < -0.4 is 10.2 Å². The maximum absolute atomic E-state index is 13.0. The summed E-state index contributed by atoms with van der Waals surface area (Å²) in [5.41, 5.74) is 4.92. The highest BCUT2D eigenvalue weighted by atomic mass is 16.2. The van der Waals surface area contributed by atoms with Gasteiger partial charge in [0, 0.05) is 37.8 Å². The second kappa shape index (κ2) is 8.69. The topological polar surface area (TPSA) is 87.0 Å². The lowest BCUT2D eigenvalue weighted by molar-refractivity contribution is -0.120. The second-order valence-electron chi connectivity index (χ2n) is 10.1. The lowest BCUT2D eigenvalue weighted by Gasteiger charge is -2.27. The molecule has 0 atom stereocenters. The number of hydrogen-bond acceptors (Lipinski definition) is 4. The quantitative estimate of drug-likeness (QED) is 0.625. The third-order valence-electron chi connectivity index (χ3n) is 6.69. The van der Waals surface area contributed by atoms with Crippen LogP contribution in [-0.2, 0) is 10.2 Å². The third kappa shape index (κ3) is 4.43. The molecule has 5 rings (SSSR count). The molecule has 4 heterocycles. The van der Waals surface area contributed by atoms with E-state index in [0.717, 1.165) is 17.6 Å². The molecule has 2 aromatic heterocycles. The Labute approximate surface area is 204 Å². The zero-order chi connectivity index (χ0) is 24.7. The van der Waals surface area contributed by atoms with Gasteiger partial charge in [-0.25, -0.2) is 9.78 Å². The van der Waals surface area contributed by atoms with Gasteiger partial charge in [-0.3, -0.25) is 24.2 Å². The number of aromatic nitrogens is 2. The minimum Gasteiger partial charge on any atom is -0.335 e. The Morgan fingerprint density at radius 3 is 2.46 bits per heavy atom. The molecule has 0 saturated carbocycles. The Morgan fingerprint density at radius 1 is 1.03 bits per heavy atom. The van der Waals surface area contributed by atoms with Crippen molar-refractivity contribution >= 4 is 34.9 Å². The number of pyridine rings is 1. The summed E-state index contributed by atoms with van der Waals surface area (Å²) >= 11 is 0. The molecule has 8 nitrogen and oxygen atoms in total. The number of carbonyl (C=O) groups excluding carboxylic acids is 3. The van der Waals surface area contributed by atoms with E-state index in [1.165, 1.54) is 16.0 Å². The van der Waals surface area contributed by atoms with Crippen LogP contribution in [0.5, 0.6) is 0 Å². The molecule has 8 heteroatoms. The van der Waals surface area contributed by atoms with E-state index in [4.69, 9.17) is 0 Å². The van der Waals surface area contributed by atoms with Gasteiger partial charge in [-0.1, -0.05) is 39.0 Å². The number of hydrogen-bond donors (Lipinski definition) is 1. The van der Waals surface area contributed by atoms with Crippen molar-refractivity contribution in [3.8, 4) is 0 Å². The van der Waals surface area contributed by atoms with Crippen LogP contribution in [0.2, 0.25) is 0 Å². The van der Waals surface area contributed by atoms with Crippen LogP contribution in [-0.4, -0.2) is 51.8 Å². The Hall–Kier alpha value is -3.94. The van der Waals surface area contributed by atoms with E-state index in [1.807, 2.05) is 51.9 Å². The fraction of sp³-hybridized carbons (Fsp3) is 0.333. The van der Waals surface area contributed by atoms with Crippen LogP contribution in [0, 0.1) is 0 Å². The highest BCUT2D eigenvalue weighted by Gasteiger charge is 2.27. The molecule has 1 fully saturated rings. The van der Waals surface area contributed by atoms with Crippen molar-refractivity contribution in [3.63, 3.8) is 0 Å². The molecule has 1 saturated heterocycles. The number of benzene rings is 1. The van der Waals surface area contributed by atoms with Crippen molar-refractivity contribution in [1.82, 2.24) is 19.6 Å². The van der Waals surface area contributed by atoms with Crippen molar-refractivity contribution in [2.45, 2.75) is 39.0 Å². The van der Waals surface area contributed by atoms with Gasteiger partial charge in [-0.15, -0.1) is 0 Å².